The lowest BCUT2D eigenvalue weighted by Gasteiger charge is -2.22. The maximum absolute atomic E-state index is 12.1. The Bertz CT molecular complexity index is 512. The van der Waals surface area contributed by atoms with Gasteiger partial charge in [0.05, 0.1) is 6.54 Å². The van der Waals surface area contributed by atoms with E-state index in [9.17, 15) is 4.79 Å². The molecule has 1 aliphatic heterocycles. The summed E-state index contributed by atoms with van der Waals surface area (Å²) >= 11 is 3.45. The number of halogens is 2. The van der Waals surface area contributed by atoms with Crippen molar-refractivity contribution in [3.63, 3.8) is 0 Å². The fourth-order valence-corrected chi connectivity index (χ4v) is 2.80. The van der Waals surface area contributed by atoms with Crippen LogP contribution >= 0.6 is 28.3 Å². The highest BCUT2D eigenvalue weighted by Gasteiger charge is 2.33. The molecule has 0 spiro atoms. The van der Waals surface area contributed by atoms with E-state index >= 15 is 0 Å². The van der Waals surface area contributed by atoms with Gasteiger partial charge in [-0.15, -0.1) is 12.4 Å². The lowest BCUT2D eigenvalue weighted by molar-refractivity contribution is -0.117. The molecule has 3 N–H and O–H groups in total. The van der Waals surface area contributed by atoms with E-state index in [1.165, 1.54) is 0 Å². The van der Waals surface area contributed by atoms with Crippen molar-refractivity contribution in [2.75, 3.05) is 31.5 Å². The Balaban J connectivity index is 0.00000220. The Morgan fingerprint density at radius 1 is 1.52 bits per heavy atom. The minimum atomic E-state index is 0. The van der Waals surface area contributed by atoms with Gasteiger partial charge in [-0.25, -0.2) is 0 Å². The average molecular weight is 377 g/mol. The SMILES string of the molecule is Cc1cc(NC(=O)CN2CCC(C)(CN)C2)ccc1Br.Cl. The number of hydrogen-bond donors (Lipinski definition) is 2. The van der Waals surface area contributed by atoms with Gasteiger partial charge < -0.3 is 11.1 Å². The topological polar surface area (TPSA) is 58.4 Å². The second kappa shape index (κ2) is 7.58. The summed E-state index contributed by atoms with van der Waals surface area (Å²) in [5.41, 5.74) is 7.90. The van der Waals surface area contributed by atoms with Crippen LogP contribution in [0.2, 0.25) is 0 Å². The quantitative estimate of drug-likeness (QED) is 0.849. The molecule has 1 unspecified atom stereocenters. The van der Waals surface area contributed by atoms with Crippen LogP contribution in [0.3, 0.4) is 0 Å². The van der Waals surface area contributed by atoms with Crippen LogP contribution in [0.15, 0.2) is 22.7 Å². The molecule has 4 nitrogen and oxygen atoms in total. The van der Waals surface area contributed by atoms with Crippen LogP contribution in [0.1, 0.15) is 18.9 Å². The van der Waals surface area contributed by atoms with Gasteiger partial charge in [-0.05, 0) is 55.6 Å². The molecule has 1 aromatic carbocycles. The van der Waals surface area contributed by atoms with E-state index in [-0.39, 0.29) is 23.7 Å². The molecule has 0 radical (unpaired) electrons. The van der Waals surface area contributed by atoms with Crippen molar-refractivity contribution >= 4 is 39.9 Å². The maximum atomic E-state index is 12.1. The minimum absolute atomic E-state index is 0. The van der Waals surface area contributed by atoms with E-state index in [1.54, 1.807) is 0 Å². The summed E-state index contributed by atoms with van der Waals surface area (Å²) in [6, 6.07) is 5.82. The van der Waals surface area contributed by atoms with Gasteiger partial charge in [-0.3, -0.25) is 9.69 Å². The second-order valence-corrected chi connectivity index (χ2v) is 6.84. The summed E-state index contributed by atoms with van der Waals surface area (Å²) in [6.45, 7) is 7.15. The molecule has 6 heteroatoms. The molecule has 2 rings (SSSR count). The van der Waals surface area contributed by atoms with Crippen LogP contribution in [0.25, 0.3) is 0 Å². The Labute approximate surface area is 141 Å². The van der Waals surface area contributed by atoms with Gasteiger partial charge in [-0.1, -0.05) is 22.9 Å². The smallest absolute Gasteiger partial charge is 0.238 e. The van der Waals surface area contributed by atoms with Gasteiger partial charge in [0.15, 0.2) is 0 Å². The molecule has 1 saturated heterocycles. The molecule has 1 heterocycles. The third-order valence-corrected chi connectivity index (χ3v) is 4.83. The summed E-state index contributed by atoms with van der Waals surface area (Å²) < 4.78 is 1.05. The average Bonchev–Trinajstić information content (AvgIpc) is 2.76. The van der Waals surface area contributed by atoms with E-state index in [0.717, 1.165) is 35.2 Å². The number of nitrogens with zero attached hydrogens (tertiary/aromatic N) is 1. The Morgan fingerprint density at radius 3 is 2.81 bits per heavy atom. The van der Waals surface area contributed by atoms with Gasteiger partial charge in [0.1, 0.15) is 0 Å². The predicted molar refractivity (Wildman–Crippen MR) is 93.0 cm³/mol. The fourth-order valence-electron chi connectivity index (χ4n) is 2.55. The lowest BCUT2D eigenvalue weighted by atomic mass is 9.90. The van der Waals surface area contributed by atoms with E-state index in [4.69, 9.17) is 5.73 Å². The molecule has 118 valence electrons. The van der Waals surface area contributed by atoms with Gasteiger partial charge in [0.25, 0.3) is 0 Å². The highest BCUT2D eigenvalue weighted by molar-refractivity contribution is 9.10. The lowest BCUT2D eigenvalue weighted by Crippen LogP contribution is -2.35. The monoisotopic (exact) mass is 375 g/mol. The fraction of sp³-hybridized carbons (Fsp3) is 0.533. The van der Waals surface area contributed by atoms with Crippen LogP contribution in [0.5, 0.6) is 0 Å². The molecule has 1 atom stereocenters. The van der Waals surface area contributed by atoms with Crippen molar-refractivity contribution in [3.05, 3.63) is 28.2 Å². The van der Waals surface area contributed by atoms with E-state index < -0.39 is 0 Å². The zero-order valence-electron chi connectivity index (χ0n) is 12.5. The summed E-state index contributed by atoms with van der Waals surface area (Å²) in [5.74, 6) is 0.0352. The zero-order chi connectivity index (χ0) is 14.8. The van der Waals surface area contributed by atoms with Crippen LogP contribution in [-0.4, -0.2) is 37.0 Å². The molecular formula is C15H23BrClN3O. The minimum Gasteiger partial charge on any atom is -0.330 e. The Morgan fingerprint density at radius 2 is 2.24 bits per heavy atom. The van der Waals surface area contributed by atoms with E-state index in [0.29, 0.717) is 13.1 Å². The first-order valence-corrected chi connectivity index (χ1v) is 7.70. The number of rotatable bonds is 4. The number of benzene rings is 1. The van der Waals surface area contributed by atoms with Crippen LogP contribution in [0.4, 0.5) is 5.69 Å². The van der Waals surface area contributed by atoms with E-state index in [2.05, 4.69) is 33.1 Å². The molecule has 0 aromatic heterocycles. The predicted octanol–water partition coefficient (Wildman–Crippen LogP) is 2.79. The molecular weight excluding hydrogens is 354 g/mol. The highest BCUT2D eigenvalue weighted by atomic mass is 79.9. The van der Waals surface area contributed by atoms with Gasteiger partial charge in [0.2, 0.25) is 5.91 Å². The molecule has 1 amide bonds. The van der Waals surface area contributed by atoms with Crippen molar-refractivity contribution in [2.24, 2.45) is 11.1 Å². The number of nitrogens with one attached hydrogen (secondary N) is 1. The van der Waals surface area contributed by atoms with Crippen LogP contribution in [-0.2, 0) is 4.79 Å². The number of hydrogen-bond acceptors (Lipinski definition) is 3. The van der Waals surface area contributed by atoms with Crippen LogP contribution < -0.4 is 11.1 Å². The summed E-state index contributed by atoms with van der Waals surface area (Å²) in [6.07, 6.45) is 1.06. The molecule has 0 saturated carbocycles. The number of amides is 1. The van der Waals surface area contributed by atoms with Crippen molar-refractivity contribution < 1.29 is 4.79 Å². The first-order valence-electron chi connectivity index (χ1n) is 6.90. The van der Waals surface area contributed by atoms with Gasteiger partial charge >= 0.3 is 0 Å². The number of likely N-dealkylation sites (tertiary alicyclic amines) is 1. The number of aryl methyl sites for hydroxylation is 1. The third kappa shape index (κ3) is 4.95. The molecule has 1 fully saturated rings. The van der Waals surface area contributed by atoms with Crippen molar-refractivity contribution in [1.29, 1.82) is 0 Å². The first-order chi connectivity index (χ1) is 9.42. The van der Waals surface area contributed by atoms with Gasteiger partial charge in [0, 0.05) is 16.7 Å². The number of carbonyl (C=O) groups is 1. The summed E-state index contributed by atoms with van der Waals surface area (Å²) in [7, 11) is 0. The van der Waals surface area contributed by atoms with Crippen LogP contribution in [0, 0.1) is 12.3 Å². The first kappa shape index (κ1) is 18.4. The number of nitrogens with two attached hydrogens (primary N) is 1. The number of anilines is 1. The zero-order valence-corrected chi connectivity index (χ0v) is 14.9. The second-order valence-electron chi connectivity index (χ2n) is 5.99. The largest absolute Gasteiger partial charge is 0.330 e. The molecule has 21 heavy (non-hydrogen) atoms. The maximum Gasteiger partial charge on any atom is 0.238 e. The molecule has 1 aliphatic rings. The Hall–Kier alpha value is -0.620. The highest BCUT2D eigenvalue weighted by Crippen LogP contribution is 2.28. The Kier molecular flexibility index (Phi) is 6.66. The normalized spacial score (nSPS) is 21.9. The van der Waals surface area contributed by atoms with E-state index in [1.807, 2.05) is 25.1 Å². The summed E-state index contributed by atoms with van der Waals surface area (Å²) in [4.78, 5) is 14.2. The standard InChI is InChI=1S/C15H22BrN3O.ClH/c1-11-7-12(3-4-13(11)16)18-14(20)8-19-6-5-15(2,9-17)10-19;/h3-4,7H,5-6,8-10,17H2,1-2H3,(H,18,20);1H. The van der Waals surface area contributed by atoms with Crippen molar-refractivity contribution in [1.82, 2.24) is 4.90 Å². The molecule has 1 aromatic rings. The van der Waals surface area contributed by atoms with Crippen molar-refractivity contribution in [2.45, 2.75) is 20.3 Å². The molecule has 0 aliphatic carbocycles. The third-order valence-electron chi connectivity index (χ3n) is 3.94. The molecule has 0 bridgehead atoms. The van der Waals surface area contributed by atoms with Crippen molar-refractivity contribution in [3.8, 4) is 0 Å². The van der Waals surface area contributed by atoms with Gasteiger partial charge in [-0.2, -0.15) is 0 Å². The summed E-state index contributed by atoms with van der Waals surface area (Å²) in [5, 5.41) is 2.95. The number of carbonyl (C=O) groups excluding carboxylic acids is 1.